The Balaban J connectivity index is 1.66. The fourth-order valence-electron chi connectivity index (χ4n) is 2.93. The van der Waals surface area contributed by atoms with Crippen molar-refractivity contribution in [1.82, 2.24) is 14.8 Å². The molecule has 0 amide bonds. The van der Waals surface area contributed by atoms with E-state index in [4.69, 9.17) is 0 Å². The predicted molar refractivity (Wildman–Crippen MR) is 108 cm³/mol. The van der Waals surface area contributed by atoms with E-state index in [1.165, 1.54) is 30.0 Å². The van der Waals surface area contributed by atoms with E-state index in [0.29, 0.717) is 27.9 Å². The van der Waals surface area contributed by atoms with Gasteiger partial charge in [0.2, 0.25) is 0 Å². The molecule has 0 atom stereocenters. The Labute approximate surface area is 174 Å². The molecular formula is C22H15F4N3S. The number of halogens is 4. The second-order valence-electron chi connectivity index (χ2n) is 6.44. The van der Waals surface area contributed by atoms with E-state index in [1.807, 2.05) is 30.3 Å². The van der Waals surface area contributed by atoms with Crippen molar-refractivity contribution < 1.29 is 17.6 Å². The summed E-state index contributed by atoms with van der Waals surface area (Å²) in [5, 5.41) is 8.91. The average Bonchev–Trinajstić information content (AvgIpc) is 3.16. The molecule has 152 valence electrons. The summed E-state index contributed by atoms with van der Waals surface area (Å²) >= 11 is 1.32. The molecule has 0 spiro atoms. The summed E-state index contributed by atoms with van der Waals surface area (Å²) in [7, 11) is 0. The quantitative estimate of drug-likeness (QED) is 0.272. The lowest BCUT2D eigenvalue weighted by Crippen LogP contribution is -2.04. The van der Waals surface area contributed by atoms with Gasteiger partial charge in [-0.15, -0.1) is 10.2 Å². The maximum absolute atomic E-state index is 14.4. The lowest BCUT2D eigenvalue weighted by atomic mass is 10.1. The molecule has 4 rings (SSSR count). The van der Waals surface area contributed by atoms with Crippen molar-refractivity contribution >= 4 is 11.8 Å². The maximum atomic E-state index is 14.4. The Morgan fingerprint density at radius 3 is 2.13 bits per heavy atom. The molecular weight excluding hydrogens is 414 g/mol. The van der Waals surface area contributed by atoms with E-state index in [-0.39, 0.29) is 0 Å². The highest BCUT2D eigenvalue weighted by Gasteiger charge is 2.30. The Bertz CT molecular complexity index is 1140. The molecule has 3 nitrogen and oxygen atoms in total. The number of rotatable bonds is 5. The minimum absolute atomic E-state index is 0.315. The molecule has 4 aromatic rings. The Hall–Kier alpha value is -3.13. The van der Waals surface area contributed by atoms with Crippen LogP contribution in [0.1, 0.15) is 11.1 Å². The molecule has 0 fully saturated rings. The molecule has 30 heavy (non-hydrogen) atoms. The highest BCUT2D eigenvalue weighted by molar-refractivity contribution is 7.98. The average molecular weight is 429 g/mol. The zero-order valence-corrected chi connectivity index (χ0v) is 16.3. The molecule has 0 saturated heterocycles. The number of benzene rings is 3. The maximum Gasteiger partial charge on any atom is 0.416 e. The highest BCUT2D eigenvalue weighted by atomic mass is 32.2. The van der Waals surface area contributed by atoms with Crippen molar-refractivity contribution in [3.63, 3.8) is 0 Å². The van der Waals surface area contributed by atoms with E-state index >= 15 is 0 Å². The van der Waals surface area contributed by atoms with Crippen LogP contribution in [0.5, 0.6) is 0 Å². The van der Waals surface area contributed by atoms with E-state index in [9.17, 15) is 17.6 Å². The van der Waals surface area contributed by atoms with Gasteiger partial charge in [-0.1, -0.05) is 54.2 Å². The van der Waals surface area contributed by atoms with Crippen LogP contribution in [-0.2, 0) is 11.9 Å². The molecule has 0 unspecified atom stereocenters. The molecule has 3 aromatic carbocycles. The third-order valence-corrected chi connectivity index (χ3v) is 5.41. The van der Waals surface area contributed by atoms with E-state index in [1.54, 1.807) is 22.8 Å². The summed E-state index contributed by atoms with van der Waals surface area (Å²) in [6.45, 7) is 0. The molecule has 0 aliphatic carbocycles. The van der Waals surface area contributed by atoms with Crippen molar-refractivity contribution in [2.75, 3.05) is 0 Å². The molecule has 8 heteroatoms. The Morgan fingerprint density at radius 2 is 1.47 bits per heavy atom. The minimum Gasteiger partial charge on any atom is -0.270 e. The molecule has 1 heterocycles. The van der Waals surface area contributed by atoms with Gasteiger partial charge in [-0.2, -0.15) is 13.2 Å². The van der Waals surface area contributed by atoms with Crippen LogP contribution in [0.4, 0.5) is 17.6 Å². The zero-order chi connectivity index (χ0) is 21.1. The number of alkyl halides is 3. The summed E-state index contributed by atoms with van der Waals surface area (Å²) in [6, 6.07) is 20.6. The Kier molecular flexibility index (Phi) is 5.59. The molecule has 0 bridgehead atoms. The predicted octanol–water partition coefficient (Wildman–Crippen LogP) is 6.38. The third-order valence-electron chi connectivity index (χ3n) is 4.41. The first-order chi connectivity index (χ1) is 14.4. The zero-order valence-electron chi connectivity index (χ0n) is 15.5. The molecule has 0 aliphatic rings. The summed E-state index contributed by atoms with van der Waals surface area (Å²) in [4.78, 5) is 0. The van der Waals surface area contributed by atoms with Crippen LogP contribution in [0.25, 0.3) is 17.1 Å². The van der Waals surface area contributed by atoms with Gasteiger partial charge in [0.1, 0.15) is 5.82 Å². The van der Waals surface area contributed by atoms with Gasteiger partial charge in [-0.25, -0.2) is 4.39 Å². The minimum atomic E-state index is -4.37. The van der Waals surface area contributed by atoms with Crippen molar-refractivity contribution in [3.05, 3.63) is 95.8 Å². The topological polar surface area (TPSA) is 30.7 Å². The van der Waals surface area contributed by atoms with Crippen molar-refractivity contribution in [1.29, 1.82) is 0 Å². The fraction of sp³-hybridized carbons (Fsp3) is 0.0909. The molecule has 1 aromatic heterocycles. The van der Waals surface area contributed by atoms with Crippen LogP contribution in [0.2, 0.25) is 0 Å². The molecule has 0 N–H and O–H groups in total. The van der Waals surface area contributed by atoms with E-state index in [0.717, 1.165) is 17.8 Å². The van der Waals surface area contributed by atoms with Gasteiger partial charge >= 0.3 is 6.18 Å². The highest BCUT2D eigenvalue weighted by Crippen LogP contribution is 2.32. The summed E-state index contributed by atoms with van der Waals surface area (Å²) in [5.41, 5.74) is 1.10. The Morgan fingerprint density at radius 1 is 0.800 bits per heavy atom. The first kappa shape index (κ1) is 20.2. The van der Waals surface area contributed by atoms with Crippen molar-refractivity contribution in [2.45, 2.75) is 17.1 Å². The van der Waals surface area contributed by atoms with Gasteiger partial charge in [-0.3, -0.25) is 4.57 Å². The lowest BCUT2D eigenvalue weighted by molar-refractivity contribution is -0.137. The number of aromatic nitrogens is 3. The number of thioether (sulfide) groups is 1. The first-order valence-corrected chi connectivity index (χ1v) is 9.97. The SMILES string of the molecule is Fc1ccccc1-c1nnc(SCc2ccc(C(F)(F)F)cc2)n1-c1ccccc1. The van der Waals surface area contributed by atoms with Crippen LogP contribution in [0.15, 0.2) is 84.0 Å². The standard InChI is InChI=1S/C22H15F4N3S/c23-19-9-5-4-8-18(19)20-27-28-21(29(20)17-6-2-1-3-7-17)30-14-15-10-12-16(13-11-15)22(24,25)26/h1-13H,14H2. The number of para-hydroxylation sites is 1. The first-order valence-electron chi connectivity index (χ1n) is 8.98. The fourth-order valence-corrected chi connectivity index (χ4v) is 3.84. The van der Waals surface area contributed by atoms with E-state index in [2.05, 4.69) is 10.2 Å². The van der Waals surface area contributed by atoms with Crippen molar-refractivity contribution in [2.24, 2.45) is 0 Å². The van der Waals surface area contributed by atoms with Gasteiger partial charge in [0.25, 0.3) is 0 Å². The second kappa shape index (κ2) is 8.31. The van der Waals surface area contributed by atoms with Crippen LogP contribution < -0.4 is 0 Å². The van der Waals surface area contributed by atoms with Crippen LogP contribution >= 0.6 is 11.8 Å². The largest absolute Gasteiger partial charge is 0.416 e. The molecule has 0 saturated carbocycles. The summed E-state index contributed by atoms with van der Waals surface area (Å²) in [6.07, 6.45) is -4.37. The monoisotopic (exact) mass is 429 g/mol. The summed E-state index contributed by atoms with van der Waals surface area (Å²) < 4.78 is 54.4. The van der Waals surface area contributed by atoms with Gasteiger partial charge in [0.15, 0.2) is 11.0 Å². The number of hydrogen-bond donors (Lipinski definition) is 0. The van der Waals surface area contributed by atoms with Gasteiger partial charge in [0.05, 0.1) is 11.1 Å². The van der Waals surface area contributed by atoms with Crippen molar-refractivity contribution in [3.8, 4) is 17.1 Å². The molecule has 0 radical (unpaired) electrons. The van der Waals surface area contributed by atoms with Crippen LogP contribution in [0.3, 0.4) is 0 Å². The summed E-state index contributed by atoms with van der Waals surface area (Å²) in [5.74, 6) is 0.330. The van der Waals surface area contributed by atoms with Crippen LogP contribution in [0, 0.1) is 5.82 Å². The number of nitrogens with zero attached hydrogens (tertiary/aromatic N) is 3. The smallest absolute Gasteiger partial charge is 0.270 e. The lowest BCUT2D eigenvalue weighted by Gasteiger charge is -2.11. The van der Waals surface area contributed by atoms with E-state index < -0.39 is 17.6 Å². The van der Waals surface area contributed by atoms with Gasteiger partial charge in [0, 0.05) is 11.4 Å². The van der Waals surface area contributed by atoms with Gasteiger partial charge in [-0.05, 0) is 42.0 Å². The molecule has 0 aliphatic heterocycles. The van der Waals surface area contributed by atoms with Gasteiger partial charge < -0.3 is 0 Å². The van der Waals surface area contributed by atoms with Crippen LogP contribution in [-0.4, -0.2) is 14.8 Å². The second-order valence-corrected chi connectivity index (χ2v) is 7.38. The number of hydrogen-bond acceptors (Lipinski definition) is 3. The normalized spacial score (nSPS) is 11.6. The third kappa shape index (κ3) is 4.23.